The number of benzene rings is 1. The number of nitrogens with zero attached hydrogens (tertiary/aromatic N) is 1. The molecular weight excluding hydrogens is 394 g/mol. The van der Waals surface area contributed by atoms with E-state index in [1.54, 1.807) is 6.07 Å². The maximum Gasteiger partial charge on any atom is 0.305 e. The fraction of sp³-hybridized carbons (Fsp3) is 0.667. The van der Waals surface area contributed by atoms with Crippen LogP contribution in [-0.2, 0) is 6.42 Å². The van der Waals surface area contributed by atoms with Crippen molar-refractivity contribution in [2.75, 3.05) is 32.7 Å². The van der Waals surface area contributed by atoms with Gasteiger partial charge in [0.2, 0.25) is 0 Å². The van der Waals surface area contributed by atoms with E-state index < -0.39 is 0 Å². The van der Waals surface area contributed by atoms with Gasteiger partial charge in [-0.05, 0) is 82.4 Å². The van der Waals surface area contributed by atoms with E-state index in [1.807, 2.05) is 6.07 Å². The van der Waals surface area contributed by atoms with Crippen LogP contribution in [0.2, 0.25) is 0 Å². The molecule has 3 N–H and O–H groups in total. The lowest BCUT2D eigenvalue weighted by Crippen LogP contribution is -2.33. The van der Waals surface area contributed by atoms with E-state index in [2.05, 4.69) is 22.1 Å². The molecule has 5 nitrogen and oxygen atoms in total. The lowest BCUT2D eigenvalue weighted by Gasteiger charge is -2.30. The average molecular weight is 433 g/mol. The van der Waals surface area contributed by atoms with Crippen molar-refractivity contribution in [3.8, 4) is 5.75 Å². The zero-order chi connectivity index (χ0) is 21.2. The molecule has 1 aromatic carbocycles. The summed E-state index contributed by atoms with van der Waals surface area (Å²) in [6, 6.07) is 3.59. The van der Waals surface area contributed by atoms with Crippen molar-refractivity contribution < 1.29 is 5.11 Å². The maximum absolute atomic E-state index is 11.6. The van der Waals surface area contributed by atoms with Crippen molar-refractivity contribution in [2.45, 2.75) is 64.2 Å². The first-order valence-electron chi connectivity index (χ1n) is 11.7. The van der Waals surface area contributed by atoms with Crippen molar-refractivity contribution in [2.24, 2.45) is 5.92 Å². The third-order valence-electron chi connectivity index (χ3n) is 6.25. The Kier molecular flexibility index (Phi) is 9.69. The molecule has 3 rings (SSSR count). The number of aromatic amines is 1. The molecule has 1 radical (unpaired) electrons. The lowest BCUT2D eigenvalue weighted by atomic mass is 9.99. The third-order valence-corrected chi connectivity index (χ3v) is 7.20. The Labute approximate surface area is 184 Å². The van der Waals surface area contributed by atoms with Gasteiger partial charge in [-0.25, -0.2) is 0 Å². The van der Waals surface area contributed by atoms with Crippen molar-refractivity contribution >= 4 is 21.6 Å². The first-order valence-corrected chi connectivity index (χ1v) is 12.5. The summed E-state index contributed by atoms with van der Waals surface area (Å²) in [6.45, 7) is 9.91. The predicted octanol–water partition coefficient (Wildman–Crippen LogP) is 4.70. The summed E-state index contributed by atoms with van der Waals surface area (Å²) >= 11 is 1.18. The lowest BCUT2D eigenvalue weighted by molar-refractivity contribution is 0.198. The second-order valence-electron chi connectivity index (χ2n) is 8.72. The average Bonchev–Trinajstić information content (AvgIpc) is 3.14. The number of fused-ring (bicyclic) bond motifs is 1. The number of rotatable bonds is 13. The normalized spacial score (nSPS) is 15.9. The van der Waals surface area contributed by atoms with Gasteiger partial charge in [-0.15, -0.1) is 0 Å². The summed E-state index contributed by atoms with van der Waals surface area (Å²) in [5, 5.41) is 13.4. The molecule has 0 atom stereocenters. The number of aromatic nitrogens is 1. The van der Waals surface area contributed by atoms with Gasteiger partial charge in [0.1, 0.15) is 11.3 Å². The van der Waals surface area contributed by atoms with Crippen LogP contribution in [-0.4, -0.2) is 47.7 Å². The van der Waals surface area contributed by atoms with Gasteiger partial charge < -0.3 is 20.3 Å². The van der Waals surface area contributed by atoms with E-state index in [1.165, 1.54) is 88.8 Å². The second-order valence-corrected chi connectivity index (χ2v) is 9.71. The Morgan fingerprint density at radius 2 is 1.77 bits per heavy atom. The van der Waals surface area contributed by atoms with Crippen LogP contribution in [0.1, 0.15) is 63.4 Å². The second kappa shape index (κ2) is 12.5. The number of likely N-dealkylation sites (tertiary alicyclic amines) is 1. The predicted molar refractivity (Wildman–Crippen MR) is 128 cm³/mol. The molecular formula is C24H38N3O2S. The summed E-state index contributed by atoms with van der Waals surface area (Å²) < 4.78 is 0.883. The minimum atomic E-state index is -0.112. The van der Waals surface area contributed by atoms with Crippen LogP contribution in [0.5, 0.6) is 5.75 Å². The molecule has 0 unspecified atom stereocenters. The minimum Gasteiger partial charge on any atom is -0.506 e. The molecule has 167 valence electrons. The highest BCUT2D eigenvalue weighted by Crippen LogP contribution is 2.27. The summed E-state index contributed by atoms with van der Waals surface area (Å²) in [5.74, 6) is 0.838. The first-order chi connectivity index (χ1) is 14.6. The molecule has 1 aliphatic heterocycles. The van der Waals surface area contributed by atoms with Crippen LogP contribution >= 0.6 is 11.3 Å². The van der Waals surface area contributed by atoms with E-state index in [0.717, 1.165) is 29.8 Å². The third kappa shape index (κ3) is 7.40. The van der Waals surface area contributed by atoms with Crippen LogP contribution in [0.4, 0.5) is 0 Å². The fourth-order valence-electron chi connectivity index (χ4n) is 4.30. The highest BCUT2D eigenvalue weighted by molar-refractivity contribution is 7.16. The van der Waals surface area contributed by atoms with E-state index in [9.17, 15) is 9.90 Å². The number of H-pyrrole nitrogens is 1. The SMILES string of the molecule is [CH2]C1CCN(CCCCCCCCCNCCc2ccc(O)c3[nH]c(=O)sc23)CC1. The molecule has 1 saturated heterocycles. The van der Waals surface area contributed by atoms with Gasteiger partial charge >= 0.3 is 4.87 Å². The molecule has 1 aromatic heterocycles. The smallest absolute Gasteiger partial charge is 0.305 e. The van der Waals surface area contributed by atoms with Crippen molar-refractivity contribution in [1.82, 2.24) is 15.2 Å². The van der Waals surface area contributed by atoms with Crippen molar-refractivity contribution in [3.05, 3.63) is 34.3 Å². The number of hydrogen-bond donors (Lipinski definition) is 3. The topological polar surface area (TPSA) is 68.4 Å². The van der Waals surface area contributed by atoms with Crippen LogP contribution < -0.4 is 10.2 Å². The van der Waals surface area contributed by atoms with Crippen molar-refractivity contribution in [1.29, 1.82) is 0 Å². The minimum absolute atomic E-state index is 0.112. The number of thiazole rings is 1. The summed E-state index contributed by atoms with van der Waals surface area (Å²) in [4.78, 5) is 16.8. The standard InChI is InChI=1S/C24H38N3O2S/c1-19-12-17-27(18-13-19)16-8-6-4-2-3-5-7-14-25-15-11-20-9-10-21(28)22-23(20)30-24(29)26-22/h9-10,19,25,28H,1-8,11-18H2,(H,26,29). The summed E-state index contributed by atoms with van der Waals surface area (Å²) in [7, 11) is 0. The maximum atomic E-state index is 11.6. The van der Waals surface area contributed by atoms with Gasteiger partial charge in [0.05, 0.1) is 4.70 Å². The number of phenolic OH excluding ortho intramolecular Hbond substituents is 1. The molecule has 0 saturated carbocycles. The quantitative estimate of drug-likeness (QED) is 0.401. The molecule has 30 heavy (non-hydrogen) atoms. The Bertz CT molecular complexity index is 808. The highest BCUT2D eigenvalue weighted by atomic mass is 32.1. The zero-order valence-electron chi connectivity index (χ0n) is 18.3. The van der Waals surface area contributed by atoms with Gasteiger partial charge in [0, 0.05) is 0 Å². The molecule has 6 heteroatoms. The van der Waals surface area contributed by atoms with Crippen LogP contribution in [0.3, 0.4) is 0 Å². The molecule has 0 spiro atoms. The monoisotopic (exact) mass is 432 g/mol. The molecule has 1 fully saturated rings. The van der Waals surface area contributed by atoms with Gasteiger partial charge in [0.15, 0.2) is 0 Å². The molecule has 0 bridgehead atoms. The van der Waals surface area contributed by atoms with E-state index >= 15 is 0 Å². The Morgan fingerprint density at radius 3 is 2.53 bits per heavy atom. The van der Waals surface area contributed by atoms with Gasteiger partial charge in [0.25, 0.3) is 0 Å². The molecule has 0 aliphatic carbocycles. The Balaban J connectivity index is 1.16. The fourth-order valence-corrected chi connectivity index (χ4v) is 5.19. The molecule has 2 heterocycles. The zero-order valence-corrected chi connectivity index (χ0v) is 19.1. The van der Waals surface area contributed by atoms with Crippen LogP contribution in [0.15, 0.2) is 16.9 Å². The number of aromatic hydroxyl groups is 1. The van der Waals surface area contributed by atoms with Crippen LogP contribution in [0.25, 0.3) is 10.2 Å². The first kappa shape index (κ1) is 23.3. The molecule has 0 amide bonds. The molecule has 2 aromatic rings. The summed E-state index contributed by atoms with van der Waals surface area (Å²) in [6.07, 6.45) is 12.7. The van der Waals surface area contributed by atoms with Crippen LogP contribution in [0, 0.1) is 12.8 Å². The number of piperidine rings is 1. The Hall–Kier alpha value is -1.37. The molecule has 1 aliphatic rings. The highest BCUT2D eigenvalue weighted by Gasteiger charge is 2.14. The Morgan fingerprint density at radius 1 is 1.07 bits per heavy atom. The van der Waals surface area contributed by atoms with E-state index in [-0.39, 0.29) is 10.6 Å². The number of hydrogen-bond acceptors (Lipinski definition) is 5. The van der Waals surface area contributed by atoms with E-state index in [4.69, 9.17) is 0 Å². The number of unbranched alkanes of at least 4 members (excludes halogenated alkanes) is 6. The van der Waals surface area contributed by atoms with Crippen molar-refractivity contribution in [3.63, 3.8) is 0 Å². The van der Waals surface area contributed by atoms with Gasteiger partial charge in [-0.1, -0.05) is 56.4 Å². The largest absolute Gasteiger partial charge is 0.506 e. The number of nitrogens with one attached hydrogen (secondary N) is 2. The number of phenols is 1. The van der Waals surface area contributed by atoms with Gasteiger partial charge in [-0.3, -0.25) is 4.79 Å². The van der Waals surface area contributed by atoms with E-state index in [0.29, 0.717) is 11.4 Å². The van der Waals surface area contributed by atoms with Gasteiger partial charge in [-0.2, -0.15) is 0 Å². The summed E-state index contributed by atoms with van der Waals surface area (Å²) in [5.41, 5.74) is 1.69.